The minimum absolute atomic E-state index is 0.997. The van der Waals surface area contributed by atoms with Crippen LogP contribution in [0.2, 0.25) is 0 Å². The van der Waals surface area contributed by atoms with Crippen LogP contribution >= 0.6 is 11.8 Å². The van der Waals surface area contributed by atoms with E-state index in [2.05, 4.69) is 65.2 Å². The zero-order valence-electron chi connectivity index (χ0n) is 10.7. The molecule has 0 aromatic carbocycles. The second kappa shape index (κ2) is 4.61. The van der Waals surface area contributed by atoms with Gasteiger partial charge in [0.1, 0.15) is 18.8 Å². The van der Waals surface area contributed by atoms with Crippen molar-refractivity contribution in [2.45, 2.75) is 36.7 Å². The second-order valence-corrected chi connectivity index (χ2v) is 5.42. The molecule has 0 fully saturated rings. The molecule has 18 heavy (non-hydrogen) atoms. The van der Waals surface area contributed by atoms with Crippen molar-refractivity contribution in [3.05, 3.63) is 36.9 Å². The average Bonchev–Trinajstić information content (AvgIpc) is 2.43. The summed E-state index contributed by atoms with van der Waals surface area (Å²) in [6, 6.07) is 4.33. The van der Waals surface area contributed by atoms with E-state index in [0.717, 1.165) is 13.1 Å². The van der Waals surface area contributed by atoms with Gasteiger partial charge >= 0.3 is 0 Å². The van der Waals surface area contributed by atoms with Crippen molar-refractivity contribution in [2.75, 3.05) is 5.32 Å². The summed E-state index contributed by atoms with van der Waals surface area (Å²) >= 11 is 1.83. The third kappa shape index (κ3) is 1.97. The number of nitrogens with one attached hydrogen (secondary N) is 1. The van der Waals surface area contributed by atoms with Crippen LogP contribution < -0.4 is 14.5 Å². The molecule has 0 saturated heterocycles. The lowest BCUT2D eigenvalue weighted by Crippen LogP contribution is -2.33. The van der Waals surface area contributed by atoms with Crippen molar-refractivity contribution in [2.24, 2.45) is 0 Å². The lowest BCUT2D eigenvalue weighted by Gasteiger charge is -2.17. The standard InChI is InChI=1S/C14H16N3S/c1-3-16-8-6-13-12(9-16)15-11-5-7-17(4-2)10-14(11)18-13/h5-10H,3-4H2,1-2H3/q+1/p+1. The van der Waals surface area contributed by atoms with Crippen LogP contribution in [0.5, 0.6) is 0 Å². The molecule has 4 heteroatoms. The predicted molar refractivity (Wildman–Crippen MR) is 72.0 cm³/mol. The molecule has 0 spiro atoms. The molecule has 0 atom stereocenters. The topological polar surface area (TPSA) is 19.8 Å². The maximum absolute atomic E-state index is 3.51. The Balaban J connectivity index is 2.00. The van der Waals surface area contributed by atoms with Gasteiger partial charge in [0.2, 0.25) is 0 Å². The van der Waals surface area contributed by atoms with Crippen molar-refractivity contribution in [3.8, 4) is 0 Å². The fraction of sp³-hybridized carbons (Fsp3) is 0.286. The number of pyridine rings is 2. The summed E-state index contributed by atoms with van der Waals surface area (Å²) in [7, 11) is 0. The number of aryl methyl sites for hydroxylation is 2. The van der Waals surface area contributed by atoms with Crippen molar-refractivity contribution in [3.63, 3.8) is 0 Å². The van der Waals surface area contributed by atoms with E-state index in [1.807, 2.05) is 11.8 Å². The zero-order chi connectivity index (χ0) is 12.5. The molecule has 0 bridgehead atoms. The summed E-state index contributed by atoms with van der Waals surface area (Å²) in [4.78, 5) is 2.59. The largest absolute Gasteiger partial charge is 0.348 e. The van der Waals surface area contributed by atoms with Crippen molar-refractivity contribution >= 4 is 23.1 Å². The Kier molecular flexibility index (Phi) is 2.96. The van der Waals surface area contributed by atoms with Crippen LogP contribution in [0, 0.1) is 0 Å². The van der Waals surface area contributed by atoms with E-state index in [0.29, 0.717) is 0 Å². The average molecular weight is 259 g/mol. The third-order valence-electron chi connectivity index (χ3n) is 3.18. The maximum Gasteiger partial charge on any atom is 0.193 e. The zero-order valence-corrected chi connectivity index (χ0v) is 11.5. The molecular formula is C14H17N3S+2. The normalized spacial score (nSPS) is 12.6. The number of hydrogen-bond donors (Lipinski definition) is 1. The molecule has 2 aromatic heterocycles. The highest BCUT2D eigenvalue weighted by molar-refractivity contribution is 7.99. The second-order valence-electron chi connectivity index (χ2n) is 4.33. The van der Waals surface area contributed by atoms with Crippen LogP contribution in [0.1, 0.15) is 13.8 Å². The van der Waals surface area contributed by atoms with Gasteiger partial charge in [-0.25, -0.2) is 9.13 Å². The first-order valence-corrected chi connectivity index (χ1v) is 7.13. The van der Waals surface area contributed by atoms with Gasteiger partial charge < -0.3 is 5.32 Å². The number of rotatable bonds is 2. The van der Waals surface area contributed by atoms with Crippen LogP contribution in [0.3, 0.4) is 0 Å². The van der Waals surface area contributed by atoms with E-state index in [1.165, 1.54) is 21.2 Å². The van der Waals surface area contributed by atoms with Crippen LogP contribution in [0.15, 0.2) is 46.7 Å². The third-order valence-corrected chi connectivity index (χ3v) is 4.30. The van der Waals surface area contributed by atoms with Gasteiger partial charge in [-0.15, -0.1) is 0 Å². The van der Waals surface area contributed by atoms with Gasteiger partial charge in [0.25, 0.3) is 0 Å². The first-order chi connectivity index (χ1) is 8.80. The summed E-state index contributed by atoms with van der Waals surface area (Å²) in [6.07, 6.45) is 8.63. The Labute approximate surface area is 111 Å². The summed E-state index contributed by atoms with van der Waals surface area (Å²) < 4.78 is 4.39. The van der Waals surface area contributed by atoms with Gasteiger partial charge in [0, 0.05) is 17.0 Å². The minimum Gasteiger partial charge on any atom is -0.348 e. The number of nitrogens with zero attached hydrogens (tertiary/aromatic N) is 2. The first kappa shape index (κ1) is 11.5. The van der Waals surface area contributed by atoms with E-state index in [9.17, 15) is 0 Å². The van der Waals surface area contributed by atoms with Gasteiger partial charge in [-0.2, -0.15) is 0 Å². The molecule has 0 aliphatic carbocycles. The maximum atomic E-state index is 3.51. The quantitative estimate of drug-likeness (QED) is 0.713. The number of anilines is 2. The summed E-state index contributed by atoms with van der Waals surface area (Å²) in [5, 5.41) is 3.51. The Morgan fingerprint density at radius 1 is 0.944 bits per heavy atom. The molecule has 0 unspecified atom stereocenters. The summed E-state index contributed by atoms with van der Waals surface area (Å²) in [5.41, 5.74) is 2.40. The smallest absolute Gasteiger partial charge is 0.193 e. The van der Waals surface area contributed by atoms with Crippen molar-refractivity contribution < 1.29 is 9.13 Å². The minimum atomic E-state index is 0.997. The SMILES string of the molecule is CC[n+]1ccc2c(c1)Nc1cc[n+](CC)cc1S2. The van der Waals surface area contributed by atoms with Gasteiger partial charge in [0.15, 0.2) is 24.8 Å². The Morgan fingerprint density at radius 2 is 1.67 bits per heavy atom. The predicted octanol–water partition coefficient (Wildman–Crippen LogP) is 2.51. The van der Waals surface area contributed by atoms with Crippen molar-refractivity contribution in [1.82, 2.24) is 0 Å². The lowest BCUT2D eigenvalue weighted by atomic mass is 10.3. The molecule has 3 rings (SSSR count). The van der Waals surface area contributed by atoms with Crippen LogP contribution in [0.25, 0.3) is 0 Å². The molecule has 3 heterocycles. The molecule has 1 aliphatic rings. The Hall–Kier alpha value is -1.55. The number of hydrogen-bond acceptors (Lipinski definition) is 2. The van der Waals surface area contributed by atoms with Gasteiger partial charge in [0.05, 0.1) is 10.6 Å². The lowest BCUT2D eigenvalue weighted by molar-refractivity contribution is -0.695. The van der Waals surface area contributed by atoms with E-state index in [4.69, 9.17) is 0 Å². The van der Waals surface area contributed by atoms with E-state index >= 15 is 0 Å². The van der Waals surface area contributed by atoms with E-state index in [1.54, 1.807) is 0 Å². The summed E-state index contributed by atoms with van der Waals surface area (Å²) in [6.45, 7) is 6.31. The molecule has 3 nitrogen and oxygen atoms in total. The molecule has 0 radical (unpaired) electrons. The van der Waals surface area contributed by atoms with Gasteiger partial charge in [-0.1, -0.05) is 11.8 Å². The molecule has 92 valence electrons. The van der Waals surface area contributed by atoms with E-state index in [-0.39, 0.29) is 0 Å². The van der Waals surface area contributed by atoms with Crippen molar-refractivity contribution in [1.29, 1.82) is 0 Å². The van der Waals surface area contributed by atoms with Gasteiger partial charge in [-0.05, 0) is 13.8 Å². The van der Waals surface area contributed by atoms with Crippen LogP contribution in [0.4, 0.5) is 11.4 Å². The van der Waals surface area contributed by atoms with Crippen LogP contribution in [-0.2, 0) is 13.1 Å². The monoisotopic (exact) mass is 259 g/mol. The fourth-order valence-corrected chi connectivity index (χ4v) is 3.06. The molecular weight excluding hydrogens is 242 g/mol. The Bertz CT molecular complexity index is 542. The number of fused-ring (bicyclic) bond motifs is 2. The molecule has 2 aromatic rings. The molecule has 0 saturated carbocycles. The highest BCUT2D eigenvalue weighted by atomic mass is 32.2. The number of aromatic nitrogens is 2. The molecule has 1 aliphatic heterocycles. The molecule has 0 amide bonds. The van der Waals surface area contributed by atoms with E-state index < -0.39 is 0 Å². The highest BCUT2D eigenvalue weighted by Crippen LogP contribution is 2.42. The highest BCUT2D eigenvalue weighted by Gasteiger charge is 2.20. The van der Waals surface area contributed by atoms with Crippen LogP contribution in [-0.4, -0.2) is 0 Å². The molecule has 1 N–H and O–H groups in total. The fourth-order valence-electron chi connectivity index (χ4n) is 2.07. The van der Waals surface area contributed by atoms with Gasteiger partial charge in [-0.3, -0.25) is 0 Å². The Morgan fingerprint density at radius 3 is 2.44 bits per heavy atom. The summed E-state index contributed by atoms with van der Waals surface area (Å²) in [5.74, 6) is 0. The first-order valence-electron chi connectivity index (χ1n) is 6.31.